The first-order valence-electron chi connectivity index (χ1n) is 5.28. The highest BCUT2D eigenvalue weighted by Gasteiger charge is 2.13. The van der Waals surface area contributed by atoms with E-state index in [4.69, 9.17) is 11.5 Å². The van der Waals surface area contributed by atoms with Crippen molar-refractivity contribution in [1.82, 2.24) is 15.0 Å². The Morgan fingerprint density at radius 3 is 1.87 bits per heavy atom. The number of nitrogens with zero attached hydrogens (tertiary/aromatic N) is 4. The van der Waals surface area contributed by atoms with Gasteiger partial charge >= 0.3 is 0 Å². The van der Waals surface area contributed by atoms with Crippen molar-refractivity contribution < 1.29 is 0 Å². The van der Waals surface area contributed by atoms with Crippen molar-refractivity contribution in [3.05, 3.63) is 0 Å². The fraction of sp³-hybridized carbons (Fsp3) is 0.667. The molecule has 0 aliphatic carbocycles. The van der Waals surface area contributed by atoms with E-state index in [1.165, 1.54) is 25.7 Å². The van der Waals surface area contributed by atoms with Crippen LogP contribution in [-0.4, -0.2) is 28.0 Å². The number of nitrogens with two attached hydrogens (primary N) is 2. The van der Waals surface area contributed by atoms with Gasteiger partial charge in [-0.1, -0.05) is 12.8 Å². The summed E-state index contributed by atoms with van der Waals surface area (Å²) >= 11 is 0. The average molecular weight is 208 g/mol. The molecule has 0 bridgehead atoms. The number of hydrogen-bond donors (Lipinski definition) is 2. The monoisotopic (exact) mass is 208 g/mol. The summed E-state index contributed by atoms with van der Waals surface area (Å²) in [6, 6.07) is 0. The highest BCUT2D eigenvalue weighted by Crippen LogP contribution is 2.16. The molecule has 1 saturated heterocycles. The van der Waals surface area contributed by atoms with Crippen LogP contribution in [0, 0.1) is 0 Å². The molecule has 82 valence electrons. The molecule has 6 nitrogen and oxygen atoms in total. The van der Waals surface area contributed by atoms with E-state index in [0.717, 1.165) is 13.1 Å². The first-order chi connectivity index (χ1) is 7.25. The third kappa shape index (κ3) is 2.45. The SMILES string of the molecule is Nc1nc(N)nc(N2CCCCCC2)n1. The van der Waals surface area contributed by atoms with E-state index >= 15 is 0 Å². The maximum Gasteiger partial charge on any atom is 0.231 e. The van der Waals surface area contributed by atoms with Crippen molar-refractivity contribution in [2.24, 2.45) is 0 Å². The van der Waals surface area contributed by atoms with Gasteiger partial charge < -0.3 is 16.4 Å². The van der Waals surface area contributed by atoms with Gasteiger partial charge in [0.1, 0.15) is 0 Å². The van der Waals surface area contributed by atoms with Gasteiger partial charge in [0.2, 0.25) is 17.8 Å². The lowest BCUT2D eigenvalue weighted by Gasteiger charge is -2.19. The Morgan fingerprint density at radius 2 is 1.33 bits per heavy atom. The topological polar surface area (TPSA) is 93.9 Å². The van der Waals surface area contributed by atoms with Crippen LogP contribution in [0.25, 0.3) is 0 Å². The zero-order valence-corrected chi connectivity index (χ0v) is 8.69. The Balaban J connectivity index is 2.19. The van der Waals surface area contributed by atoms with Crippen molar-refractivity contribution in [2.75, 3.05) is 29.5 Å². The number of hydrogen-bond acceptors (Lipinski definition) is 6. The highest BCUT2D eigenvalue weighted by atomic mass is 15.3. The number of nitrogen functional groups attached to an aromatic ring is 2. The Kier molecular flexibility index (Phi) is 2.84. The van der Waals surface area contributed by atoms with Gasteiger partial charge in [0.05, 0.1) is 0 Å². The smallest absolute Gasteiger partial charge is 0.231 e. The molecule has 1 aromatic heterocycles. The Bertz CT molecular complexity index is 311. The molecule has 15 heavy (non-hydrogen) atoms. The van der Waals surface area contributed by atoms with Gasteiger partial charge in [0.25, 0.3) is 0 Å². The largest absolute Gasteiger partial charge is 0.368 e. The quantitative estimate of drug-likeness (QED) is 0.694. The third-order valence-corrected chi connectivity index (χ3v) is 2.55. The van der Waals surface area contributed by atoms with Crippen molar-refractivity contribution >= 4 is 17.8 Å². The Labute approximate surface area is 88.7 Å². The predicted octanol–water partition coefficient (Wildman–Crippen LogP) is 0.416. The molecule has 4 N–H and O–H groups in total. The molecule has 1 fully saturated rings. The van der Waals surface area contributed by atoms with E-state index in [-0.39, 0.29) is 11.9 Å². The number of aromatic nitrogens is 3. The summed E-state index contributed by atoms with van der Waals surface area (Å²) in [5.74, 6) is 1.00. The van der Waals surface area contributed by atoms with Gasteiger partial charge in [0, 0.05) is 13.1 Å². The van der Waals surface area contributed by atoms with E-state index in [9.17, 15) is 0 Å². The molecular formula is C9H16N6. The molecule has 2 rings (SSSR count). The van der Waals surface area contributed by atoms with E-state index in [0.29, 0.717) is 5.95 Å². The summed E-state index contributed by atoms with van der Waals surface area (Å²) in [5.41, 5.74) is 11.1. The molecule has 2 heterocycles. The molecule has 0 amide bonds. The van der Waals surface area contributed by atoms with Gasteiger partial charge in [-0.15, -0.1) is 0 Å². The minimum Gasteiger partial charge on any atom is -0.368 e. The lowest BCUT2D eigenvalue weighted by Crippen LogP contribution is -2.26. The maximum absolute atomic E-state index is 5.54. The van der Waals surface area contributed by atoms with Crippen molar-refractivity contribution in [1.29, 1.82) is 0 Å². The molecule has 0 radical (unpaired) electrons. The zero-order chi connectivity index (χ0) is 10.7. The molecule has 0 saturated carbocycles. The second-order valence-corrected chi connectivity index (χ2v) is 3.75. The minimum atomic E-state index is 0.196. The van der Waals surface area contributed by atoms with Crippen LogP contribution in [0.3, 0.4) is 0 Å². The first kappa shape index (κ1) is 9.95. The zero-order valence-electron chi connectivity index (χ0n) is 8.69. The Morgan fingerprint density at radius 1 is 0.800 bits per heavy atom. The summed E-state index contributed by atoms with van der Waals surface area (Å²) in [5, 5.41) is 0. The normalized spacial score (nSPS) is 17.5. The minimum absolute atomic E-state index is 0.196. The Hall–Kier alpha value is -1.59. The molecule has 1 aliphatic rings. The van der Waals surface area contributed by atoms with Gasteiger partial charge in [-0.2, -0.15) is 15.0 Å². The van der Waals surface area contributed by atoms with E-state index in [1.54, 1.807) is 0 Å². The van der Waals surface area contributed by atoms with Crippen LogP contribution in [-0.2, 0) is 0 Å². The van der Waals surface area contributed by atoms with Crippen molar-refractivity contribution in [2.45, 2.75) is 25.7 Å². The number of anilines is 3. The summed E-state index contributed by atoms with van der Waals surface area (Å²) in [4.78, 5) is 14.1. The molecule has 0 unspecified atom stereocenters. The highest BCUT2D eigenvalue weighted by molar-refractivity contribution is 5.39. The van der Waals surface area contributed by atoms with Crippen LogP contribution >= 0.6 is 0 Å². The second-order valence-electron chi connectivity index (χ2n) is 3.75. The van der Waals surface area contributed by atoms with E-state index in [1.807, 2.05) is 0 Å². The van der Waals surface area contributed by atoms with Crippen molar-refractivity contribution in [3.63, 3.8) is 0 Å². The van der Waals surface area contributed by atoms with Crippen LogP contribution in [0.2, 0.25) is 0 Å². The summed E-state index contributed by atoms with van der Waals surface area (Å²) in [6.45, 7) is 1.95. The summed E-state index contributed by atoms with van der Waals surface area (Å²) < 4.78 is 0. The molecule has 0 atom stereocenters. The van der Waals surface area contributed by atoms with Gasteiger partial charge in [-0.25, -0.2) is 0 Å². The number of rotatable bonds is 1. The maximum atomic E-state index is 5.54. The standard InChI is InChI=1S/C9H16N6/c10-7-12-8(11)14-9(13-7)15-5-3-1-2-4-6-15/h1-6H2,(H4,10,11,12,13,14). The van der Waals surface area contributed by atoms with E-state index in [2.05, 4.69) is 19.9 Å². The lowest BCUT2D eigenvalue weighted by molar-refractivity contribution is 0.726. The first-order valence-corrected chi connectivity index (χ1v) is 5.28. The van der Waals surface area contributed by atoms with Gasteiger partial charge in [-0.05, 0) is 12.8 Å². The molecular weight excluding hydrogens is 192 g/mol. The van der Waals surface area contributed by atoms with Gasteiger partial charge in [-0.3, -0.25) is 0 Å². The lowest BCUT2D eigenvalue weighted by atomic mass is 10.2. The summed E-state index contributed by atoms with van der Waals surface area (Å²) in [6.07, 6.45) is 4.89. The van der Waals surface area contributed by atoms with Crippen LogP contribution in [0.1, 0.15) is 25.7 Å². The van der Waals surface area contributed by atoms with Crippen LogP contribution < -0.4 is 16.4 Å². The van der Waals surface area contributed by atoms with Crippen molar-refractivity contribution in [3.8, 4) is 0 Å². The van der Waals surface area contributed by atoms with Gasteiger partial charge in [0.15, 0.2) is 0 Å². The molecule has 0 aromatic carbocycles. The second kappa shape index (κ2) is 4.29. The predicted molar refractivity (Wildman–Crippen MR) is 59.3 cm³/mol. The third-order valence-electron chi connectivity index (χ3n) is 2.55. The van der Waals surface area contributed by atoms with Crippen LogP contribution in [0.4, 0.5) is 17.8 Å². The fourth-order valence-corrected chi connectivity index (χ4v) is 1.81. The van der Waals surface area contributed by atoms with Crippen LogP contribution in [0.15, 0.2) is 0 Å². The fourth-order valence-electron chi connectivity index (χ4n) is 1.81. The molecule has 6 heteroatoms. The summed E-state index contributed by atoms with van der Waals surface area (Å²) in [7, 11) is 0. The van der Waals surface area contributed by atoms with E-state index < -0.39 is 0 Å². The average Bonchev–Trinajstić information content (AvgIpc) is 2.43. The molecule has 1 aromatic rings. The van der Waals surface area contributed by atoms with Crippen LogP contribution in [0.5, 0.6) is 0 Å². The molecule has 0 spiro atoms. The molecule has 1 aliphatic heterocycles.